The molecule has 0 radical (unpaired) electrons. The molecule has 0 unspecified atom stereocenters. The highest BCUT2D eigenvalue weighted by molar-refractivity contribution is 7.89. The predicted molar refractivity (Wildman–Crippen MR) is 109 cm³/mol. The number of sulfonamides is 1. The topological polar surface area (TPSA) is 60.9 Å². The van der Waals surface area contributed by atoms with Gasteiger partial charge in [-0.25, -0.2) is 8.42 Å². The Morgan fingerprint density at radius 2 is 1.70 bits per heavy atom. The van der Waals surface area contributed by atoms with Crippen LogP contribution in [0.5, 0.6) is 0 Å². The third-order valence-electron chi connectivity index (χ3n) is 4.99. The minimum atomic E-state index is -3.56. The van der Waals surface area contributed by atoms with Crippen LogP contribution in [-0.4, -0.2) is 62.8 Å². The molecule has 1 heterocycles. The number of hydrogen-bond donors (Lipinski definition) is 0. The highest BCUT2D eigenvalue weighted by atomic mass is 32.2. The number of likely N-dealkylation sites (N-methyl/N-ethyl adjacent to an activating group) is 1. The SMILES string of the molecule is CCN(CC)CCN(CC(C)C)S(=O)(=O)c1ccc(N2CCCC2=O)cc1. The molecule has 1 amide bonds. The van der Waals surface area contributed by atoms with Crippen LogP contribution >= 0.6 is 0 Å². The molecular weight excluding hydrogens is 362 g/mol. The summed E-state index contributed by atoms with van der Waals surface area (Å²) in [6.07, 6.45) is 1.42. The first-order valence-electron chi connectivity index (χ1n) is 9.92. The van der Waals surface area contributed by atoms with E-state index in [1.54, 1.807) is 33.5 Å². The highest BCUT2D eigenvalue weighted by Crippen LogP contribution is 2.24. The van der Waals surface area contributed by atoms with Gasteiger partial charge in [0, 0.05) is 38.3 Å². The molecule has 0 atom stereocenters. The summed E-state index contributed by atoms with van der Waals surface area (Å²) in [6, 6.07) is 6.74. The molecule has 0 aliphatic carbocycles. The van der Waals surface area contributed by atoms with Gasteiger partial charge in [0.1, 0.15) is 0 Å². The van der Waals surface area contributed by atoms with Crippen LogP contribution in [0.4, 0.5) is 5.69 Å². The van der Waals surface area contributed by atoms with E-state index in [0.717, 1.165) is 31.7 Å². The molecule has 1 aliphatic heterocycles. The van der Waals surface area contributed by atoms with Crippen molar-refractivity contribution in [2.75, 3.05) is 44.2 Å². The number of benzene rings is 1. The van der Waals surface area contributed by atoms with Crippen molar-refractivity contribution >= 4 is 21.6 Å². The van der Waals surface area contributed by atoms with Gasteiger partial charge in [0.05, 0.1) is 4.90 Å². The molecule has 0 spiro atoms. The molecule has 2 rings (SSSR count). The molecule has 1 aromatic rings. The van der Waals surface area contributed by atoms with Crippen molar-refractivity contribution in [2.45, 2.75) is 45.4 Å². The quantitative estimate of drug-likeness (QED) is 0.611. The third kappa shape index (κ3) is 5.53. The Bertz CT molecular complexity index is 712. The molecule has 152 valence electrons. The molecule has 1 saturated heterocycles. The zero-order valence-electron chi connectivity index (χ0n) is 17.0. The van der Waals surface area contributed by atoms with Crippen molar-refractivity contribution in [3.63, 3.8) is 0 Å². The summed E-state index contributed by atoms with van der Waals surface area (Å²) in [6.45, 7) is 12.4. The average molecular weight is 396 g/mol. The fourth-order valence-corrected chi connectivity index (χ4v) is 4.97. The standard InChI is InChI=1S/C20H33N3O3S/c1-5-21(6-2)14-15-22(16-17(3)4)27(25,26)19-11-9-18(10-12-19)23-13-7-8-20(23)24/h9-12,17H,5-8,13-16H2,1-4H3. The van der Waals surface area contributed by atoms with E-state index in [1.165, 1.54) is 0 Å². The van der Waals surface area contributed by atoms with Crippen LogP contribution in [0, 0.1) is 5.92 Å². The number of nitrogens with zero attached hydrogens (tertiary/aromatic N) is 3. The van der Waals surface area contributed by atoms with E-state index < -0.39 is 10.0 Å². The number of carbonyl (C=O) groups is 1. The monoisotopic (exact) mass is 395 g/mol. The molecule has 1 aliphatic rings. The van der Waals surface area contributed by atoms with E-state index in [4.69, 9.17) is 0 Å². The third-order valence-corrected chi connectivity index (χ3v) is 6.87. The van der Waals surface area contributed by atoms with Crippen molar-refractivity contribution < 1.29 is 13.2 Å². The lowest BCUT2D eigenvalue weighted by molar-refractivity contribution is -0.117. The molecule has 1 fully saturated rings. The van der Waals surface area contributed by atoms with Gasteiger partial charge in [-0.1, -0.05) is 27.7 Å². The van der Waals surface area contributed by atoms with E-state index in [-0.39, 0.29) is 16.7 Å². The summed E-state index contributed by atoms with van der Waals surface area (Å²) in [5.41, 5.74) is 0.773. The van der Waals surface area contributed by atoms with Crippen LogP contribution in [0.25, 0.3) is 0 Å². The lowest BCUT2D eigenvalue weighted by atomic mass is 10.2. The van der Waals surface area contributed by atoms with Gasteiger partial charge in [-0.3, -0.25) is 4.79 Å². The van der Waals surface area contributed by atoms with E-state index in [0.29, 0.717) is 26.1 Å². The van der Waals surface area contributed by atoms with Gasteiger partial charge in [-0.2, -0.15) is 4.31 Å². The maximum atomic E-state index is 13.2. The Hall–Kier alpha value is -1.44. The molecule has 1 aromatic carbocycles. The Morgan fingerprint density at radius 1 is 1.07 bits per heavy atom. The van der Waals surface area contributed by atoms with Crippen LogP contribution in [0.2, 0.25) is 0 Å². The van der Waals surface area contributed by atoms with Crippen LogP contribution in [-0.2, 0) is 14.8 Å². The summed E-state index contributed by atoms with van der Waals surface area (Å²) in [7, 11) is -3.56. The molecule has 6 nitrogen and oxygen atoms in total. The molecule has 0 N–H and O–H groups in total. The summed E-state index contributed by atoms with van der Waals surface area (Å²) in [5, 5.41) is 0. The van der Waals surface area contributed by atoms with Gasteiger partial charge in [0.25, 0.3) is 0 Å². The van der Waals surface area contributed by atoms with Gasteiger partial charge in [-0.05, 0) is 49.7 Å². The fourth-order valence-electron chi connectivity index (χ4n) is 3.38. The summed E-state index contributed by atoms with van der Waals surface area (Å²) in [5.74, 6) is 0.351. The molecule has 0 aromatic heterocycles. The summed E-state index contributed by atoms with van der Waals surface area (Å²) in [4.78, 5) is 16.1. The first kappa shape index (κ1) is 21.9. The van der Waals surface area contributed by atoms with Gasteiger partial charge in [-0.15, -0.1) is 0 Å². The van der Waals surface area contributed by atoms with Gasteiger partial charge < -0.3 is 9.80 Å². The zero-order valence-corrected chi connectivity index (χ0v) is 17.8. The van der Waals surface area contributed by atoms with Crippen molar-refractivity contribution in [2.24, 2.45) is 5.92 Å². The maximum Gasteiger partial charge on any atom is 0.243 e. The van der Waals surface area contributed by atoms with E-state index in [1.807, 2.05) is 13.8 Å². The van der Waals surface area contributed by atoms with Crippen molar-refractivity contribution in [3.05, 3.63) is 24.3 Å². The van der Waals surface area contributed by atoms with Crippen molar-refractivity contribution in [1.29, 1.82) is 0 Å². The summed E-state index contributed by atoms with van der Waals surface area (Å²) < 4.78 is 28.0. The lowest BCUT2D eigenvalue weighted by Gasteiger charge is -2.27. The maximum absolute atomic E-state index is 13.2. The second-order valence-corrected chi connectivity index (χ2v) is 9.36. The van der Waals surface area contributed by atoms with Crippen LogP contribution < -0.4 is 4.90 Å². The Labute approximate surface area is 164 Å². The Morgan fingerprint density at radius 3 is 2.19 bits per heavy atom. The van der Waals surface area contributed by atoms with Crippen molar-refractivity contribution in [1.82, 2.24) is 9.21 Å². The second kappa shape index (κ2) is 9.66. The Balaban J connectivity index is 2.19. The fraction of sp³-hybridized carbons (Fsp3) is 0.650. The number of carbonyl (C=O) groups excluding carboxylic acids is 1. The normalized spacial score (nSPS) is 15.5. The van der Waals surface area contributed by atoms with E-state index >= 15 is 0 Å². The molecular formula is C20H33N3O3S. The highest BCUT2D eigenvalue weighted by Gasteiger charge is 2.27. The van der Waals surface area contributed by atoms with Crippen LogP contribution in [0.3, 0.4) is 0 Å². The van der Waals surface area contributed by atoms with E-state index in [2.05, 4.69) is 18.7 Å². The first-order valence-corrected chi connectivity index (χ1v) is 11.4. The van der Waals surface area contributed by atoms with Crippen LogP contribution in [0.1, 0.15) is 40.5 Å². The minimum absolute atomic E-state index is 0.103. The van der Waals surface area contributed by atoms with Gasteiger partial charge >= 0.3 is 0 Å². The van der Waals surface area contributed by atoms with Gasteiger partial charge in [0.15, 0.2) is 0 Å². The lowest BCUT2D eigenvalue weighted by Crippen LogP contribution is -2.40. The predicted octanol–water partition coefficient (Wildman–Crippen LogP) is 2.80. The summed E-state index contributed by atoms with van der Waals surface area (Å²) >= 11 is 0. The molecule has 7 heteroatoms. The second-order valence-electron chi connectivity index (χ2n) is 7.43. The van der Waals surface area contributed by atoms with Gasteiger partial charge in [0.2, 0.25) is 15.9 Å². The largest absolute Gasteiger partial charge is 0.312 e. The molecule has 0 bridgehead atoms. The minimum Gasteiger partial charge on any atom is -0.312 e. The molecule has 0 saturated carbocycles. The number of hydrogen-bond acceptors (Lipinski definition) is 4. The zero-order chi connectivity index (χ0) is 20.0. The van der Waals surface area contributed by atoms with E-state index in [9.17, 15) is 13.2 Å². The Kier molecular flexibility index (Phi) is 7.82. The first-order chi connectivity index (χ1) is 12.8. The van der Waals surface area contributed by atoms with Crippen molar-refractivity contribution in [3.8, 4) is 0 Å². The number of amides is 1. The number of anilines is 1. The smallest absolute Gasteiger partial charge is 0.243 e. The average Bonchev–Trinajstić information content (AvgIpc) is 3.07. The van der Waals surface area contributed by atoms with Crippen LogP contribution in [0.15, 0.2) is 29.2 Å². The number of rotatable bonds is 10. The molecule has 27 heavy (non-hydrogen) atoms.